The number of rotatable bonds is 63. The van der Waals surface area contributed by atoms with Crippen molar-refractivity contribution in [1.82, 2.24) is 79.3 Å². The third kappa shape index (κ3) is 42.1. The molecule has 115 heavy (non-hydrogen) atoms. The van der Waals surface area contributed by atoms with Crippen LogP contribution in [0.15, 0.2) is 0 Å². The summed E-state index contributed by atoms with van der Waals surface area (Å²) in [7, 11) is 0. The van der Waals surface area contributed by atoms with Crippen molar-refractivity contribution >= 4 is 94.5 Å². The molecule has 658 valence electrons. The smallest absolute Gasteiger partial charge is 0.245 e. The molecule has 0 radical (unpaired) electrons. The van der Waals surface area contributed by atoms with Gasteiger partial charge in [0.2, 0.25) is 94.5 Å². The second kappa shape index (κ2) is 59.8. The van der Waals surface area contributed by atoms with Crippen LogP contribution in [0.25, 0.3) is 0 Å². The minimum Gasteiger partial charge on any atom is -0.368 e. The Balaban J connectivity index is 3.22. The number of carbonyl (C=O) groups excluding carboxylic acids is 16. The topological polar surface area (TPSA) is 653 Å². The number of amides is 16. The van der Waals surface area contributed by atoms with Gasteiger partial charge in [-0.2, -0.15) is 0 Å². The maximum atomic E-state index is 14.6. The van der Waals surface area contributed by atoms with E-state index in [1.807, 2.05) is 0 Å². The summed E-state index contributed by atoms with van der Waals surface area (Å²) in [5, 5.41) is 36.7. The van der Waals surface area contributed by atoms with Gasteiger partial charge in [0, 0.05) is 13.0 Å². The van der Waals surface area contributed by atoms with Crippen LogP contribution in [0.4, 0.5) is 0 Å². The molecule has 1 fully saturated rings. The molecule has 0 unspecified atom stereocenters. The molecule has 0 aromatic carbocycles. The summed E-state index contributed by atoms with van der Waals surface area (Å²) in [4.78, 5) is 220. The zero-order valence-corrected chi connectivity index (χ0v) is 69.4. The molecule has 1 rings (SSSR count). The van der Waals surface area contributed by atoms with Gasteiger partial charge in [-0.25, -0.2) is 0 Å². The summed E-state index contributed by atoms with van der Waals surface area (Å²) >= 11 is 0. The molecular weight excluding hydrogens is 1490 g/mol. The Bertz CT molecular complexity index is 3050. The average Bonchev–Trinajstić information content (AvgIpc) is 1.71. The van der Waals surface area contributed by atoms with Crippen molar-refractivity contribution in [2.45, 2.75) is 332 Å². The Labute approximate surface area is 678 Å². The first-order chi connectivity index (χ1) is 54.7. The molecule has 1 saturated heterocycles. The predicted octanol–water partition coefficient (Wildman–Crippen LogP) is -4.35. The first-order valence-corrected chi connectivity index (χ1v) is 41.5. The second-order valence-corrected chi connectivity index (χ2v) is 29.8. The van der Waals surface area contributed by atoms with Crippen molar-refractivity contribution in [2.24, 2.45) is 45.9 Å². The molecule has 1 aliphatic rings. The van der Waals surface area contributed by atoms with E-state index in [9.17, 15) is 76.7 Å². The van der Waals surface area contributed by atoms with E-state index in [4.69, 9.17) is 45.9 Å². The lowest BCUT2D eigenvalue weighted by Crippen LogP contribution is -2.60. The number of hydrogen-bond donors (Lipinski definition) is 22. The van der Waals surface area contributed by atoms with Crippen LogP contribution in [0.3, 0.4) is 0 Å². The summed E-state index contributed by atoms with van der Waals surface area (Å²) < 4.78 is 0. The zero-order chi connectivity index (χ0) is 86.5. The molecular formula is C76H143N23O16. The first-order valence-electron chi connectivity index (χ1n) is 41.5. The maximum absolute atomic E-state index is 14.6. The summed E-state index contributed by atoms with van der Waals surface area (Å²) in [6.07, 6.45) is 12.8. The van der Waals surface area contributed by atoms with Crippen molar-refractivity contribution in [3.8, 4) is 0 Å². The van der Waals surface area contributed by atoms with Gasteiger partial charge in [-0.3, -0.25) is 76.7 Å². The molecule has 15 atom stereocenters. The van der Waals surface area contributed by atoms with Crippen LogP contribution < -0.4 is 120 Å². The highest BCUT2D eigenvalue weighted by Gasteiger charge is 2.41. The van der Waals surface area contributed by atoms with Crippen molar-refractivity contribution < 1.29 is 76.7 Å². The molecule has 0 spiro atoms. The van der Waals surface area contributed by atoms with Gasteiger partial charge in [-0.05, 0) is 248 Å². The van der Waals surface area contributed by atoms with Crippen LogP contribution >= 0.6 is 0 Å². The molecule has 0 aromatic rings. The number of primary amides is 1. The van der Waals surface area contributed by atoms with Crippen molar-refractivity contribution in [2.75, 3.05) is 52.4 Å². The van der Waals surface area contributed by atoms with Crippen LogP contribution in [0.2, 0.25) is 0 Å². The van der Waals surface area contributed by atoms with Crippen LogP contribution in [-0.2, 0) is 76.7 Å². The summed E-state index contributed by atoms with van der Waals surface area (Å²) in [6.45, 7) is 13.8. The van der Waals surface area contributed by atoms with E-state index >= 15 is 0 Å². The third-order valence-electron chi connectivity index (χ3n) is 19.7. The minimum atomic E-state index is -1.33. The maximum Gasteiger partial charge on any atom is 0.245 e. The first kappa shape index (κ1) is 104. The highest BCUT2D eigenvalue weighted by molar-refractivity contribution is 6.00. The van der Waals surface area contributed by atoms with E-state index < -0.39 is 179 Å². The minimum absolute atomic E-state index is 0.0360. The lowest BCUT2D eigenvalue weighted by atomic mass is 10.0. The van der Waals surface area contributed by atoms with E-state index in [0.717, 1.165) is 25.7 Å². The molecule has 1 aliphatic heterocycles. The number of unbranched alkanes of at least 4 members (excludes halogenated alkanes) is 11. The number of nitrogens with one attached hydrogen (secondary N) is 14. The van der Waals surface area contributed by atoms with Gasteiger partial charge < -0.3 is 125 Å². The zero-order valence-electron chi connectivity index (χ0n) is 69.4. The fourth-order valence-electron chi connectivity index (χ4n) is 12.5. The normalized spacial score (nSPS) is 16.2. The number of carbonyl (C=O) groups is 16. The second-order valence-electron chi connectivity index (χ2n) is 29.8. The van der Waals surface area contributed by atoms with Gasteiger partial charge in [0.15, 0.2) is 0 Å². The molecule has 0 bridgehead atoms. The summed E-state index contributed by atoms with van der Waals surface area (Å²) in [5.41, 5.74) is 45.6. The van der Waals surface area contributed by atoms with E-state index in [1.54, 1.807) is 0 Å². The Hall–Kier alpha value is -8.76. The van der Waals surface area contributed by atoms with Crippen LogP contribution in [0.5, 0.6) is 0 Å². The fourth-order valence-corrected chi connectivity index (χ4v) is 12.5. The van der Waals surface area contributed by atoms with Gasteiger partial charge >= 0.3 is 0 Å². The Kier molecular flexibility index (Phi) is 54.2. The molecule has 0 saturated carbocycles. The van der Waals surface area contributed by atoms with Gasteiger partial charge in [0.05, 0.1) is 0 Å². The highest BCUT2D eigenvalue weighted by atomic mass is 16.2. The van der Waals surface area contributed by atoms with Crippen LogP contribution in [0, 0.1) is 0 Å². The molecule has 1 heterocycles. The van der Waals surface area contributed by atoms with Crippen molar-refractivity contribution in [3.05, 3.63) is 0 Å². The molecule has 39 nitrogen and oxygen atoms in total. The van der Waals surface area contributed by atoms with Crippen LogP contribution in [0.1, 0.15) is 242 Å². The van der Waals surface area contributed by atoms with Crippen molar-refractivity contribution in [1.29, 1.82) is 0 Å². The molecule has 0 aromatic heterocycles. The number of likely N-dealkylation sites (tertiary alicyclic amines) is 1. The van der Waals surface area contributed by atoms with Crippen molar-refractivity contribution in [3.63, 3.8) is 0 Å². The number of nitrogens with zero attached hydrogens (tertiary/aromatic N) is 1. The highest BCUT2D eigenvalue weighted by Crippen LogP contribution is 2.21. The summed E-state index contributed by atoms with van der Waals surface area (Å²) in [5.74, 6) is -11.5. The van der Waals surface area contributed by atoms with E-state index in [1.165, 1.54) is 53.4 Å². The van der Waals surface area contributed by atoms with E-state index in [2.05, 4.69) is 81.4 Å². The van der Waals surface area contributed by atoms with Gasteiger partial charge in [0.1, 0.15) is 90.6 Å². The van der Waals surface area contributed by atoms with Gasteiger partial charge in [-0.1, -0.05) is 32.6 Å². The lowest BCUT2D eigenvalue weighted by Gasteiger charge is -2.31. The molecule has 30 N–H and O–H groups in total. The largest absolute Gasteiger partial charge is 0.368 e. The number of hydrogen-bond acceptors (Lipinski definition) is 23. The fraction of sp³-hybridized carbons (Fsp3) is 0.789. The van der Waals surface area contributed by atoms with E-state index in [-0.39, 0.29) is 96.4 Å². The Morgan fingerprint density at radius 1 is 0.287 bits per heavy atom. The quantitative estimate of drug-likeness (QED) is 0.0256. The Morgan fingerprint density at radius 2 is 0.530 bits per heavy atom. The lowest BCUT2D eigenvalue weighted by molar-refractivity contribution is -0.142. The van der Waals surface area contributed by atoms with Crippen LogP contribution in [-0.4, -0.2) is 242 Å². The number of nitrogens with two attached hydrogens (primary N) is 8. The molecule has 16 amide bonds. The van der Waals surface area contributed by atoms with Gasteiger partial charge in [-0.15, -0.1) is 0 Å². The molecule has 0 aliphatic carbocycles. The standard InChI is InChI=1S/C76H143N23O16/c1-9-10-11-12-13-37-61(100)92-54(30-15-22-39-78)73(112)97-57(33-18-25-42-81)72(111)90-48(4)65(104)86-50(6)67(106)94-55(31-16-23-40-79)70(109)89-47(3)64(103)87-51(7)68(107)96-58(34-19-26-43-82)74(113)98-59(35-20-27-44-83)76(115)99-45-28-36-60(99)75(114)91-52(8)69(108)95-56(32-17-24-41-80)71(110)88-46(2)63(102)85-49(5)66(105)93-53(62(84)101)29-14-21-38-77/h46-60H,9-45,77-83H2,1-8H3,(H2,84,101)(H,85,102)(H,86,104)(H,87,103)(H,88,110)(H,89,109)(H,90,111)(H,91,114)(H,92,100)(H,93,105)(H,94,106)(H,95,108)(H,96,107)(H,97,112)(H,98,113)/t46-,47-,48-,49-,50-,51-,52-,53-,54-,55-,56-,57-,58-,59-,60-/m0/s1. The third-order valence-corrected chi connectivity index (χ3v) is 19.7. The molecule has 39 heteroatoms. The monoisotopic (exact) mass is 1630 g/mol. The van der Waals surface area contributed by atoms with E-state index in [0.29, 0.717) is 122 Å². The average molecular weight is 1640 g/mol. The predicted molar refractivity (Wildman–Crippen MR) is 434 cm³/mol. The Morgan fingerprint density at radius 3 is 0.843 bits per heavy atom. The SMILES string of the molecule is CCCCCCCC(=O)N[C@@H](CCCCN)C(=O)N[C@@H](CCCCN)C(=O)N[C@@H](C)C(=O)N[C@@H](C)C(=O)N[C@@H](CCCCN)C(=O)N[C@@H](C)C(=O)N[C@@H](C)C(=O)N[C@@H](CCCCN)C(=O)N[C@@H](CCCCN)C(=O)N1CCC[C@H]1C(=O)N[C@@H](C)C(=O)N[C@@H](CCCCN)C(=O)N[C@@H](C)C(=O)N[C@@H](C)C(=O)N[C@@H](CCCCN)C(N)=O. The summed E-state index contributed by atoms with van der Waals surface area (Å²) in [6, 6.07) is -18.0. The van der Waals surface area contributed by atoms with Gasteiger partial charge in [0.25, 0.3) is 0 Å².